The lowest BCUT2D eigenvalue weighted by Crippen LogP contribution is -2.30. The molecule has 5 nitrogen and oxygen atoms in total. The quantitative estimate of drug-likeness (QED) is 0.830. The van der Waals surface area contributed by atoms with Crippen LogP contribution in [0.4, 0.5) is 11.8 Å². The standard InChI is InChI=1S/C13H22N4O/c1-10-9-12(16-13(14-2)15-10)17-7-3-5-11(17)6-4-8-18/h9,11,18H,3-8H2,1-2H3,(H,14,15,16). The lowest BCUT2D eigenvalue weighted by atomic mass is 10.1. The van der Waals surface area contributed by atoms with E-state index >= 15 is 0 Å². The smallest absolute Gasteiger partial charge is 0.224 e. The zero-order valence-corrected chi connectivity index (χ0v) is 11.2. The molecule has 1 aliphatic heterocycles. The molecule has 18 heavy (non-hydrogen) atoms. The van der Waals surface area contributed by atoms with Crippen LogP contribution in [0.5, 0.6) is 0 Å². The number of aliphatic hydroxyl groups is 1. The van der Waals surface area contributed by atoms with E-state index in [0.717, 1.165) is 30.9 Å². The van der Waals surface area contributed by atoms with E-state index in [4.69, 9.17) is 5.11 Å². The Morgan fingerprint density at radius 1 is 1.50 bits per heavy atom. The minimum atomic E-state index is 0.273. The maximum atomic E-state index is 8.96. The molecule has 1 aromatic heterocycles. The van der Waals surface area contributed by atoms with E-state index in [1.54, 1.807) is 0 Å². The molecule has 0 aliphatic carbocycles. The van der Waals surface area contributed by atoms with Crippen LogP contribution in [0, 0.1) is 6.92 Å². The van der Waals surface area contributed by atoms with Gasteiger partial charge in [0.05, 0.1) is 0 Å². The van der Waals surface area contributed by atoms with Crippen LogP contribution >= 0.6 is 0 Å². The fraction of sp³-hybridized carbons (Fsp3) is 0.692. The van der Waals surface area contributed by atoms with Gasteiger partial charge in [-0.15, -0.1) is 0 Å². The Morgan fingerprint density at radius 3 is 3.06 bits per heavy atom. The van der Waals surface area contributed by atoms with Crippen molar-refractivity contribution in [1.29, 1.82) is 0 Å². The van der Waals surface area contributed by atoms with Crippen molar-refractivity contribution in [2.45, 2.75) is 38.6 Å². The molecule has 1 atom stereocenters. The number of nitrogens with one attached hydrogen (secondary N) is 1. The highest BCUT2D eigenvalue weighted by Crippen LogP contribution is 2.27. The van der Waals surface area contributed by atoms with Gasteiger partial charge in [0.25, 0.3) is 0 Å². The van der Waals surface area contributed by atoms with E-state index in [-0.39, 0.29) is 6.61 Å². The molecule has 0 saturated carbocycles. The SMILES string of the molecule is CNc1nc(C)cc(N2CCCC2CCCO)n1. The Balaban J connectivity index is 2.16. The number of rotatable bonds is 5. The number of aromatic nitrogens is 2. The first kappa shape index (κ1) is 13.1. The summed E-state index contributed by atoms with van der Waals surface area (Å²) < 4.78 is 0. The summed E-state index contributed by atoms with van der Waals surface area (Å²) in [6, 6.07) is 2.55. The predicted octanol–water partition coefficient (Wildman–Crippen LogP) is 1.57. The molecule has 5 heteroatoms. The van der Waals surface area contributed by atoms with Crippen molar-refractivity contribution in [3.63, 3.8) is 0 Å². The summed E-state index contributed by atoms with van der Waals surface area (Å²) in [7, 11) is 1.84. The lowest BCUT2D eigenvalue weighted by molar-refractivity contribution is 0.279. The van der Waals surface area contributed by atoms with E-state index in [9.17, 15) is 0 Å². The van der Waals surface area contributed by atoms with Crippen LogP contribution in [0.25, 0.3) is 0 Å². The first-order valence-corrected chi connectivity index (χ1v) is 6.65. The number of aryl methyl sites for hydroxylation is 1. The van der Waals surface area contributed by atoms with Gasteiger partial charge in [0, 0.05) is 38.0 Å². The molecule has 1 unspecified atom stereocenters. The molecule has 1 saturated heterocycles. The molecular weight excluding hydrogens is 228 g/mol. The second kappa shape index (κ2) is 6.00. The molecule has 1 aliphatic rings. The molecule has 1 aromatic rings. The van der Waals surface area contributed by atoms with Crippen molar-refractivity contribution in [1.82, 2.24) is 9.97 Å². The molecule has 2 rings (SSSR count). The number of aliphatic hydroxyl groups excluding tert-OH is 1. The first-order chi connectivity index (χ1) is 8.74. The summed E-state index contributed by atoms with van der Waals surface area (Å²) >= 11 is 0. The van der Waals surface area contributed by atoms with Gasteiger partial charge in [-0.2, -0.15) is 4.98 Å². The number of hydrogen-bond acceptors (Lipinski definition) is 5. The van der Waals surface area contributed by atoms with Gasteiger partial charge in [0.2, 0.25) is 5.95 Å². The molecule has 0 amide bonds. The van der Waals surface area contributed by atoms with Crippen molar-refractivity contribution in [2.24, 2.45) is 0 Å². The van der Waals surface area contributed by atoms with E-state index in [1.807, 2.05) is 20.0 Å². The molecule has 1 fully saturated rings. The molecule has 2 heterocycles. The maximum Gasteiger partial charge on any atom is 0.224 e. The van der Waals surface area contributed by atoms with Gasteiger partial charge in [0.15, 0.2) is 0 Å². The van der Waals surface area contributed by atoms with Crippen molar-refractivity contribution in [3.8, 4) is 0 Å². The van der Waals surface area contributed by atoms with E-state index in [2.05, 4.69) is 20.2 Å². The van der Waals surface area contributed by atoms with Crippen LogP contribution in [-0.4, -0.2) is 41.3 Å². The van der Waals surface area contributed by atoms with Gasteiger partial charge in [-0.05, 0) is 32.6 Å². The Bertz CT molecular complexity index is 397. The zero-order valence-electron chi connectivity index (χ0n) is 11.2. The minimum Gasteiger partial charge on any atom is -0.396 e. The Labute approximate surface area is 108 Å². The van der Waals surface area contributed by atoms with Crippen molar-refractivity contribution in [2.75, 3.05) is 30.4 Å². The Morgan fingerprint density at radius 2 is 2.33 bits per heavy atom. The number of hydrogen-bond donors (Lipinski definition) is 2. The molecular formula is C13H22N4O. The van der Waals surface area contributed by atoms with E-state index in [0.29, 0.717) is 12.0 Å². The van der Waals surface area contributed by atoms with Gasteiger partial charge in [0.1, 0.15) is 5.82 Å². The summed E-state index contributed by atoms with van der Waals surface area (Å²) in [6.45, 7) is 3.31. The molecule has 0 spiro atoms. The van der Waals surface area contributed by atoms with Crippen LogP contribution in [-0.2, 0) is 0 Å². The second-order valence-electron chi connectivity index (χ2n) is 4.80. The van der Waals surface area contributed by atoms with Crippen LogP contribution in [0.3, 0.4) is 0 Å². The third kappa shape index (κ3) is 2.90. The summed E-state index contributed by atoms with van der Waals surface area (Å²) in [5, 5.41) is 12.0. The van der Waals surface area contributed by atoms with Gasteiger partial charge in [-0.1, -0.05) is 0 Å². The third-order valence-corrected chi connectivity index (χ3v) is 3.43. The molecule has 2 N–H and O–H groups in total. The Kier molecular flexibility index (Phi) is 4.36. The average Bonchev–Trinajstić information content (AvgIpc) is 2.83. The van der Waals surface area contributed by atoms with Crippen LogP contribution in [0.1, 0.15) is 31.4 Å². The van der Waals surface area contributed by atoms with Gasteiger partial charge in [-0.3, -0.25) is 0 Å². The van der Waals surface area contributed by atoms with Gasteiger partial charge in [-0.25, -0.2) is 4.98 Å². The maximum absolute atomic E-state index is 8.96. The van der Waals surface area contributed by atoms with Crippen molar-refractivity contribution in [3.05, 3.63) is 11.8 Å². The summed E-state index contributed by atoms with van der Waals surface area (Å²) in [6.07, 6.45) is 4.30. The normalized spacial score (nSPS) is 19.3. The lowest BCUT2D eigenvalue weighted by Gasteiger charge is -2.26. The topological polar surface area (TPSA) is 61.3 Å². The monoisotopic (exact) mass is 250 g/mol. The van der Waals surface area contributed by atoms with Gasteiger partial charge >= 0.3 is 0 Å². The van der Waals surface area contributed by atoms with E-state index in [1.165, 1.54) is 12.8 Å². The van der Waals surface area contributed by atoms with Crippen LogP contribution in [0.15, 0.2) is 6.07 Å². The Hall–Kier alpha value is -1.36. The molecule has 0 aromatic carbocycles. The van der Waals surface area contributed by atoms with E-state index < -0.39 is 0 Å². The first-order valence-electron chi connectivity index (χ1n) is 6.65. The average molecular weight is 250 g/mol. The highest BCUT2D eigenvalue weighted by molar-refractivity contribution is 5.46. The zero-order chi connectivity index (χ0) is 13.0. The number of nitrogens with zero attached hydrogens (tertiary/aromatic N) is 3. The van der Waals surface area contributed by atoms with Crippen LogP contribution in [0.2, 0.25) is 0 Å². The van der Waals surface area contributed by atoms with Crippen molar-refractivity contribution >= 4 is 11.8 Å². The largest absolute Gasteiger partial charge is 0.396 e. The molecule has 0 bridgehead atoms. The molecule has 100 valence electrons. The fourth-order valence-corrected chi connectivity index (χ4v) is 2.58. The summed E-state index contributed by atoms with van der Waals surface area (Å²) in [5.41, 5.74) is 0.983. The highest BCUT2D eigenvalue weighted by atomic mass is 16.2. The predicted molar refractivity (Wildman–Crippen MR) is 73.0 cm³/mol. The van der Waals surface area contributed by atoms with Gasteiger partial charge < -0.3 is 15.3 Å². The highest BCUT2D eigenvalue weighted by Gasteiger charge is 2.25. The van der Waals surface area contributed by atoms with Crippen LogP contribution < -0.4 is 10.2 Å². The fourth-order valence-electron chi connectivity index (χ4n) is 2.58. The van der Waals surface area contributed by atoms with Crippen molar-refractivity contribution < 1.29 is 5.11 Å². The number of anilines is 2. The third-order valence-electron chi connectivity index (χ3n) is 3.43. The summed E-state index contributed by atoms with van der Waals surface area (Å²) in [4.78, 5) is 11.2. The minimum absolute atomic E-state index is 0.273. The molecule has 0 radical (unpaired) electrons. The second-order valence-corrected chi connectivity index (χ2v) is 4.80. The summed E-state index contributed by atoms with van der Waals surface area (Å²) in [5.74, 6) is 1.69.